The molecule has 1 aliphatic carbocycles. The fraction of sp³-hybridized carbons (Fsp3) is 0.833. The second kappa shape index (κ2) is 10.5. The molecule has 1 aliphatic heterocycles. The lowest BCUT2D eigenvalue weighted by Gasteiger charge is -2.34. The van der Waals surface area contributed by atoms with Gasteiger partial charge < -0.3 is 9.64 Å². The van der Waals surface area contributed by atoms with E-state index in [-0.39, 0.29) is 12.6 Å². The average Bonchev–Trinajstić information content (AvgIpc) is 3.16. The van der Waals surface area contributed by atoms with Gasteiger partial charge in [0.2, 0.25) is 5.13 Å². The van der Waals surface area contributed by atoms with Gasteiger partial charge in [0.05, 0.1) is 0 Å². The molecule has 1 saturated carbocycles. The first-order chi connectivity index (χ1) is 13.9. The largest absolute Gasteiger partial charge is 0.411 e. The van der Waals surface area contributed by atoms with Gasteiger partial charge >= 0.3 is 12.2 Å². The van der Waals surface area contributed by atoms with Gasteiger partial charge in [0.1, 0.15) is 11.6 Å². The van der Waals surface area contributed by atoms with E-state index in [1.807, 2.05) is 0 Å². The number of anilines is 1. The monoisotopic (exact) mass is 435 g/mol. The van der Waals surface area contributed by atoms with Gasteiger partial charge in [-0.2, -0.15) is 13.2 Å². The molecular formula is C18H28F3N5O2S. The highest BCUT2D eigenvalue weighted by Gasteiger charge is 2.27. The molecule has 0 bridgehead atoms. The van der Waals surface area contributed by atoms with Crippen LogP contribution in [0.1, 0.15) is 49.5 Å². The first kappa shape index (κ1) is 22.2. The minimum absolute atomic E-state index is 0.0839. The molecule has 0 spiro atoms. The summed E-state index contributed by atoms with van der Waals surface area (Å²) in [5.74, 6) is 0.468. The lowest BCUT2D eigenvalue weighted by Crippen LogP contribution is -2.50. The van der Waals surface area contributed by atoms with E-state index in [1.165, 1.54) is 30.6 Å². The van der Waals surface area contributed by atoms with Crippen LogP contribution >= 0.6 is 11.3 Å². The Bertz CT molecular complexity index is 644. The first-order valence-corrected chi connectivity index (χ1v) is 11.0. The number of aromatic nitrogens is 2. The number of urea groups is 1. The van der Waals surface area contributed by atoms with Gasteiger partial charge in [0.15, 0.2) is 0 Å². The van der Waals surface area contributed by atoms with Crippen LogP contribution in [0.25, 0.3) is 0 Å². The molecule has 0 unspecified atom stereocenters. The number of alkyl halides is 3. The summed E-state index contributed by atoms with van der Waals surface area (Å²) in [4.78, 5) is 16.3. The number of amides is 2. The summed E-state index contributed by atoms with van der Waals surface area (Å²) in [5.41, 5.74) is 0. The number of carbonyl (C=O) groups excluding carboxylic acids is 1. The molecule has 2 amide bonds. The summed E-state index contributed by atoms with van der Waals surface area (Å²) in [6, 6.07) is -0.176. The Labute approximate surface area is 172 Å². The Morgan fingerprint density at radius 1 is 1.14 bits per heavy atom. The summed E-state index contributed by atoms with van der Waals surface area (Å²) in [6.45, 7) is 2.07. The summed E-state index contributed by atoms with van der Waals surface area (Å²) in [6.07, 6.45) is 2.29. The SMILES string of the molecule is O=C(Nc1nnc(C2CCCCC2)s1)N1CCN(CCCOCC(F)(F)F)CC1. The maximum Gasteiger partial charge on any atom is 0.411 e. The third-order valence-electron chi connectivity index (χ3n) is 5.30. The van der Waals surface area contributed by atoms with E-state index >= 15 is 0 Å². The number of carbonyl (C=O) groups is 1. The highest BCUT2D eigenvalue weighted by molar-refractivity contribution is 7.15. The van der Waals surface area contributed by atoms with E-state index < -0.39 is 12.8 Å². The van der Waals surface area contributed by atoms with Crippen LogP contribution in [0.4, 0.5) is 23.1 Å². The van der Waals surface area contributed by atoms with Crippen LogP contribution in [0.2, 0.25) is 0 Å². The molecule has 11 heteroatoms. The fourth-order valence-corrected chi connectivity index (χ4v) is 4.62. The van der Waals surface area contributed by atoms with Crippen LogP contribution in [0, 0.1) is 0 Å². The van der Waals surface area contributed by atoms with Crippen LogP contribution in [0.15, 0.2) is 0 Å². The molecule has 1 aromatic rings. The second-order valence-corrected chi connectivity index (χ2v) is 8.57. The highest BCUT2D eigenvalue weighted by atomic mass is 32.1. The van der Waals surface area contributed by atoms with Crippen molar-refractivity contribution in [2.75, 3.05) is 51.3 Å². The Balaban J connectivity index is 1.33. The van der Waals surface area contributed by atoms with Crippen molar-refractivity contribution in [2.24, 2.45) is 0 Å². The molecule has 3 rings (SSSR count). The van der Waals surface area contributed by atoms with Crippen molar-refractivity contribution in [2.45, 2.75) is 50.6 Å². The quantitative estimate of drug-likeness (QED) is 0.662. The number of hydrogen-bond donors (Lipinski definition) is 1. The van der Waals surface area contributed by atoms with Gasteiger partial charge in [-0.25, -0.2) is 4.79 Å². The Kier molecular flexibility index (Phi) is 8.07. The van der Waals surface area contributed by atoms with E-state index in [4.69, 9.17) is 0 Å². The van der Waals surface area contributed by atoms with Gasteiger partial charge in [0.25, 0.3) is 0 Å². The van der Waals surface area contributed by atoms with Crippen LogP contribution < -0.4 is 5.32 Å². The molecule has 29 heavy (non-hydrogen) atoms. The summed E-state index contributed by atoms with van der Waals surface area (Å²) in [5, 5.41) is 12.8. The first-order valence-electron chi connectivity index (χ1n) is 10.2. The predicted molar refractivity (Wildman–Crippen MR) is 104 cm³/mol. The molecule has 7 nitrogen and oxygen atoms in total. The third kappa shape index (κ3) is 7.38. The van der Waals surface area contributed by atoms with Gasteiger partial charge in [-0.3, -0.25) is 10.2 Å². The summed E-state index contributed by atoms with van der Waals surface area (Å²) in [7, 11) is 0. The maximum atomic E-state index is 12.5. The lowest BCUT2D eigenvalue weighted by molar-refractivity contribution is -0.174. The van der Waals surface area contributed by atoms with Crippen LogP contribution in [0.3, 0.4) is 0 Å². The predicted octanol–water partition coefficient (Wildman–Crippen LogP) is 3.70. The minimum Gasteiger partial charge on any atom is -0.372 e. The van der Waals surface area contributed by atoms with Crippen molar-refractivity contribution in [1.82, 2.24) is 20.0 Å². The zero-order valence-electron chi connectivity index (χ0n) is 16.4. The van der Waals surface area contributed by atoms with Crippen LogP contribution in [-0.2, 0) is 4.74 Å². The average molecular weight is 436 g/mol. The topological polar surface area (TPSA) is 70.6 Å². The van der Waals surface area contributed by atoms with Crippen LogP contribution in [0.5, 0.6) is 0 Å². The smallest absolute Gasteiger partial charge is 0.372 e. The van der Waals surface area contributed by atoms with E-state index in [0.29, 0.717) is 50.2 Å². The van der Waals surface area contributed by atoms with Crippen molar-refractivity contribution in [1.29, 1.82) is 0 Å². The third-order valence-corrected chi connectivity index (χ3v) is 6.30. The highest BCUT2D eigenvalue weighted by Crippen LogP contribution is 2.35. The van der Waals surface area contributed by atoms with E-state index in [1.54, 1.807) is 4.90 Å². The minimum atomic E-state index is -4.27. The number of hydrogen-bond acceptors (Lipinski definition) is 6. The maximum absolute atomic E-state index is 12.5. The Hall–Kier alpha value is -1.46. The molecule has 1 saturated heterocycles. The number of nitrogens with one attached hydrogen (secondary N) is 1. The fourth-order valence-electron chi connectivity index (χ4n) is 3.72. The molecule has 1 aromatic heterocycles. The van der Waals surface area contributed by atoms with E-state index in [2.05, 4.69) is 25.2 Å². The molecule has 164 valence electrons. The number of rotatable bonds is 7. The number of ether oxygens (including phenoxy) is 1. The zero-order valence-corrected chi connectivity index (χ0v) is 17.2. The standard InChI is InChI=1S/C18H28F3N5O2S/c19-18(20,21)13-28-12-4-7-25-8-10-26(11-9-25)17(27)22-16-24-23-15(29-16)14-5-2-1-3-6-14/h14H,1-13H2,(H,22,24,27). The lowest BCUT2D eigenvalue weighted by atomic mass is 9.90. The van der Waals surface area contributed by atoms with E-state index in [9.17, 15) is 18.0 Å². The normalized spacial score (nSPS) is 19.5. The van der Waals surface area contributed by atoms with Crippen molar-refractivity contribution in [3.8, 4) is 0 Å². The number of nitrogens with zero attached hydrogens (tertiary/aromatic N) is 4. The Morgan fingerprint density at radius 2 is 1.86 bits per heavy atom. The second-order valence-electron chi connectivity index (χ2n) is 7.56. The molecule has 2 heterocycles. The van der Waals surface area contributed by atoms with Crippen molar-refractivity contribution < 1.29 is 22.7 Å². The molecule has 2 fully saturated rings. The molecule has 0 atom stereocenters. The van der Waals surface area contributed by atoms with Gasteiger partial charge in [-0.05, 0) is 19.3 Å². The summed E-state index contributed by atoms with van der Waals surface area (Å²) >= 11 is 1.46. The van der Waals surface area contributed by atoms with Crippen molar-refractivity contribution in [3.63, 3.8) is 0 Å². The van der Waals surface area contributed by atoms with Crippen molar-refractivity contribution in [3.05, 3.63) is 5.01 Å². The van der Waals surface area contributed by atoms with Crippen molar-refractivity contribution >= 4 is 22.5 Å². The van der Waals surface area contributed by atoms with Crippen LogP contribution in [-0.4, -0.2) is 78.1 Å². The molecule has 2 aliphatic rings. The van der Waals surface area contributed by atoms with Gasteiger partial charge in [0, 0.05) is 45.2 Å². The molecule has 0 aromatic carbocycles. The Morgan fingerprint density at radius 3 is 2.55 bits per heavy atom. The zero-order chi connectivity index (χ0) is 20.7. The molecular weight excluding hydrogens is 407 g/mol. The number of piperazine rings is 1. The molecule has 0 radical (unpaired) electrons. The van der Waals surface area contributed by atoms with Gasteiger partial charge in [-0.1, -0.05) is 30.6 Å². The summed E-state index contributed by atoms with van der Waals surface area (Å²) < 4.78 is 40.7. The van der Waals surface area contributed by atoms with Gasteiger partial charge in [-0.15, -0.1) is 10.2 Å². The van der Waals surface area contributed by atoms with E-state index in [0.717, 1.165) is 17.8 Å². The molecule has 1 N–H and O–H groups in total. The number of halogens is 3.